The molecule has 0 bridgehead atoms. The van der Waals surface area contributed by atoms with Gasteiger partial charge in [0, 0.05) is 27.7 Å². The molecule has 2 N–H and O–H groups in total. The average molecular weight is 582 g/mol. The second-order valence-electron chi connectivity index (χ2n) is 7.87. The summed E-state index contributed by atoms with van der Waals surface area (Å²) in [4.78, 5) is 12.5. The maximum absolute atomic E-state index is 13.4. The van der Waals surface area contributed by atoms with Gasteiger partial charge in [0.25, 0.3) is 16.0 Å². The van der Waals surface area contributed by atoms with Crippen LogP contribution in [-0.2, 0) is 10.1 Å². The van der Waals surface area contributed by atoms with E-state index in [4.69, 9.17) is 27.9 Å². The van der Waals surface area contributed by atoms with Crippen molar-refractivity contribution in [2.45, 2.75) is 11.8 Å². The molecule has 0 heterocycles. The van der Waals surface area contributed by atoms with Crippen LogP contribution in [0.25, 0.3) is 10.8 Å². The molecule has 1 amide bonds. The molecule has 0 aromatic heterocycles. The van der Waals surface area contributed by atoms with Crippen LogP contribution < -0.4 is 44.7 Å². The van der Waals surface area contributed by atoms with E-state index in [9.17, 15) is 22.9 Å². The summed E-state index contributed by atoms with van der Waals surface area (Å²) in [7, 11) is -3.27. The number of nitrogens with one attached hydrogen (secondary N) is 1. The van der Waals surface area contributed by atoms with Crippen LogP contribution in [-0.4, -0.2) is 26.0 Å². The zero-order valence-corrected chi connectivity index (χ0v) is 24.6. The molecule has 0 spiro atoms. The summed E-state index contributed by atoms with van der Waals surface area (Å²) in [5.41, 5.74) is 0.184. The molecule has 0 fully saturated rings. The van der Waals surface area contributed by atoms with Crippen molar-refractivity contribution in [2.75, 3.05) is 12.4 Å². The van der Waals surface area contributed by atoms with Crippen molar-refractivity contribution >= 4 is 67.1 Å². The van der Waals surface area contributed by atoms with Crippen molar-refractivity contribution in [3.05, 3.63) is 81.8 Å². The Hall–Kier alpha value is -2.70. The van der Waals surface area contributed by atoms with Crippen LogP contribution in [0, 0.1) is 6.92 Å². The summed E-state index contributed by atoms with van der Waals surface area (Å²) >= 11 is 12.0. The van der Waals surface area contributed by atoms with Gasteiger partial charge in [-0.15, -0.1) is 5.11 Å². The molecular weight excluding hydrogens is 564 g/mol. The summed E-state index contributed by atoms with van der Waals surface area (Å²) in [6.45, 7) is 1.61. The number of nitrogens with zero attached hydrogens (tertiary/aromatic N) is 2. The number of halogens is 2. The van der Waals surface area contributed by atoms with E-state index in [1.165, 1.54) is 31.4 Å². The molecule has 38 heavy (non-hydrogen) atoms. The van der Waals surface area contributed by atoms with Crippen LogP contribution in [0.5, 0.6) is 11.5 Å². The van der Waals surface area contributed by atoms with Crippen molar-refractivity contribution in [3.63, 3.8) is 0 Å². The predicted octanol–water partition coefficient (Wildman–Crippen LogP) is 3.46. The van der Waals surface area contributed by atoms with Crippen LogP contribution in [0.2, 0.25) is 10.0 Å². The standard InChI is InChI=1S/C25H19Cl2N3O6S.Na/c1-13-9-20(22(12-19(13)27)37(33,34)35)29-30-23-16-6-4-3-5-14(16)10-17(24(23)31)25(32)28-15-7-8-18(26)21(11-15)36-2;/h3-12,31H,1-2H3,(H,28,32)(H,33,34,35);/q;+1/p-1. The number of azo groups is 1. The van der Waals surface area contributed by atoms with Crippen LogP contribution in [0.4, 0.5) is 17.1 Å². The van der Waals surface area contributed by atoms with Gasteiger partial charge in [0.05, 0.1) is 17.8 Å². The molecule has 0 aliphatic rings. The van der Waals surface area contributed by atoms with Gasteiger partial charge in [0.2, 0.25) is 0 Å². The normalized spacial score (nSPS) is 11.4. The number of anilines is 1. The quantitative estimate of drug-likeness (QED) is 0.203. The fraction of sp³-hybridized carbons (Fsp3) is 0.0800. The van der Waals surface area contributed by atoms with Crippen LogP contribution in [0.1, 0.15) is 15.9 Å². The summed E-state index contributed by atoms with van der Waals surface area (Å²) in [6.07, 6.45) is 0. The maximum Gasteiger partial charge on any atom is 1.00 e. The number of benzene rings is 4. The number of amides is 1. The number of aryl methyl sites for hydroxylation is 1. The Morgan fingerprint density at radius 2 is 1.74 bits per heavy atom. The molecule has 0 aliphatic carbocycles. The fourth-order valence-electron chi connectivity index (χ4n) is 3.55. The first-order valence-corrected chi connectivity index (χ1v) is 12.8. The number of fused-ring (bicyclic) bond motifs is 1. The van der Waals surface area contributed by atoms with Crippen LogP contribution in [0.3, 0.4) is 0 Å². The summed E-state index contributed by atoms with van der Waals surface area (Å²) in [5.74, 6) is -1.11. The summed E-state index contributed by atoms with van der Waals surface area (Å²) in [6, 6.07) is 15.1. The molecule has 190 valence electrons. The molecule has 4 aromatic rings. The molecule has 4 aromatic carbocycles. The average Bonchev–Trinajstić information content (AvgIpc) is 2.85. The van der Waals surface area contributed by atoms with E-state index in [1.807, 2.05) is 0 Å². The van der Waals surface area contributed by atoms with E-state index in [0.29, 0.717) is 32.8 Å². The van der Waals surface area contributed by atoms with Gasteiger partial charge in [-0.2, -0.15) is 13.5 Å². The van der Waals surface area contributed by atoms with Gasteiger partial charge in [-0.25, -0.2) is 0 Å². The molecule has 4 rings (SSSR count). The van der Waals surface area contributed by atoms with E-state index in [0.717, 1.165) is 6.07 Å². The summed E-state index contributed by atoms with van der Waals surface area (Å²) in [5, 5.41) is 25.3. The Labute approximate surface area is 250 Å². The van der Waals surface area contributed by atoms with Gasteiger partial charge >= 0.3 is 29.6 Å². The van der Waals surface area contributed by atoms with Gasteiger partial charge < -0.3 is 15.2 Å². The third-order valence-corrected chi connectivity index (χ3v) is 7.01. The van der Waals surface area contributed by atoms with E-state index in [-0.39, 0.29) is 51.5 Å². The largest absolute Gasteiger partial charge is 1.00 e. The Balaban J connectivity index is 0.00000400. The van der Waals surface area contributed by atoms with Crippen LogP contribution >= 0.6 is 23.2 Å². The molecule has 0 saturated carbocycles. The smallest absolute Gasteiger partial charge is 0.870 e. The Morgan fingerprint density at radius 3 is 2.42 bits per heavy atom. The van der Waals surface area contributed by atoms with Crippen molar-refractivity contribution in [3.8, 4) is 11.5 Å². The van der Waals surface area contributed by atoms with Gasteiger partial charge in [-0.3, -0.25) is 9.35 Å². The third kappa shape index (κ3) is 6.29. The van der Waals surface area contributed by atoms with Gasteiger partial charge in [0.15, 0.2) is 0 Å². The first kappa shape index (κ1) is 29.9. The van der Waals surface area contributed by atoms with Gasteiger partial charge in [-0.05, 0) is 48.2 Å². The minimum atomic E-state index is -4.69. The third-order valence-electron chi connectivity index (χ3n) is 5.40. The number of hydrogen-bond donors (Lipinski definition) is 2. The van der Waals surface area contributed by atoms with E-state index >= 15 is 0 Å². The second kappa shape index (κ2) is 12.0. The molecule has 0 saturated heterocycles. The second-order valence-corrected chi connectivity index (χ2v) is 10.1. The SMILES string of the molecule is COc1cc(NC(=O)c2cc3ccccc3c(N=Nc3cc(C)c(Cl)cc3S(=O)(=O)O)c2[O-])ccc1Cl.[Na+]. The first-order chi connectivity index (χ1) is 17.5. The minimum Gasteiger partial charge on any atom is -0.870 e. The number of rotatable bonds is 6. The molecule has 13 heteroatoms. The van der Waals surface area contributed by atoms with Crippen molar-refractivity contribution in [2.24, 2.45) is 10.2 Å². The Bertz CT molecular complexity index is 1700. The van der Waals surface area contributed by atoms with Gasteiger partial charge in [0.1, 0.15) is 16.3 Å². The van der Waals surface area contributed by atoms with Gasteiger partial charge in [-0.1, -0.05) is 53.2 Å². The number of hydrogen-bond acceptors (Lipinski definition) is 7. The number of carbonyl (C=O) groups is 1. The van der Waals surface area contributed by atoms with Crippen molar-refractivity contribution < 1.29 is 57.2 Å². The molecule has 0 atom stereocenters. The predicted molar refractivity (Wildman–Crippen MR) is 140 cm³/mol. The topological polar surface area (TPSA) is 140 Å². The van der Waals surface area contributed by atoms with Crippen LogP contribution in [0.15, 0.2) is 75.8 Å². The fourth-order valence-corrected chi connectivity index (χ4v) is 4.60. The monoisotopic (exact) mass is 581 g/mol. The zero-order valence-electron chi connectivity index (χ0n) is 20.3. The van der Waals surface area contributed by atoms with Crippen molar-refractivity contribution in [1.82, 2.24) is 0 Å². The molecule has 9 nitrogen and oxygen atoms in total. The van der Waals surface area contributed by atoms with Crippen molar-refractivity contribution in [1.29, 1.82) is 0 Å². The molecule has 0 unspecified atom stereocenters. The van der Waals surface area contributed by atoms with E-state index in [1.54, 1.807) is 37.3 Å². The first-order valence-electron chi connectivity index (χ1n) is 10.6. The Kier molecular flexibility index (Phi) is 9.43. The molecule has 0 aliphatic heterocycles. The number of methoxy groups -OCH3 is 1. The van der Waals surface area contributed by atoms with E-state index < -0.39 is 26.7 Å². The maximum atomic E-state index is 13.4. The summed E-state index contributed by atoms with van der Waals surface area (Å²) < 4.78 is 38.5. The Morgan fingerprint density at radius 1 is 1.03 bits per heavy atom. The minimum absolute atomic E-state index is 0. The molecule has 0 radical (unpaired) electrons. The van der Waals surface area contributed by atoms with E-state index in [2.05, 4.69) is 15.5 Å². The molecular formula is C25H18Cl2N3NaO6S. The number of ether oxygens (including phenoxy) is 1. The zero-order chi connectivity index (χ0) is 26.9. The number of carbonyl (C=O) groups excluding carboxylic acids is 1.